The molecule has 0 amide bonds. The highest BCUT2D eigenvalue weighted by atomic mass is 19.4. The van der Waals surface area contributed by atoms with Crippen molar-refractivity contribution in [3.05, 3.63) is 54.0 Å². The lowest BCUT2D eigenvalue weighted by molar-refractivity contribution is -0.150. The van der Waals surface area contributed by atoms with Gasteiger partial charge in [0, 0.05) is 37.8 Å². The molecule has 2 N–H and O–H groups in total. The number of β-amino-alcohol motifs (C(OH)–C–C–N with tert-alkyl or cyclic N) is 1. The van der Waals surface area contributed by atoms with Gasteiger partial charge in [-0.25, -0.2) is 9.97 Å². The summed E-state index contributed by atoms with van der Waals surface area (Å²) in [4.78, 5) is 24.9. The molecular weight excluding hydrogens is 515 g/mol. The first kappa shape index (κ1) is 27.4. The molecule has 2 fully saturated rings. The van der Waals surface area contributed by atoms with Crippen LogP contribution in [0.5, 0.6) is 0 Å². The molecule has 12 heteroatoms. The second kappa shape index (κ2) is 11.1. The van der Waals surface area contributed by atoms with Gasteiger partial charge in [-0.05, 0) is 49.6 Å². The Morgan fingerprint density at radius 3 is 2.54 bits per heavy atom. The van der Waals surface area contributed by atoms with Gasteiger partial charge in [0.15, 0.2) is 0 Å². The maximum absolute atomic E-state index is 13.0. The number of esters is 1. The molecule has 1 aliphatic heterocycles. The lowest BCUT2D eigenvalue weighted by atomic mass is 9.92. The number of aliphatic hydroxyl groups is 2. The normalized spacial score (nSPS) is 21.2. The van der Waals surface area contributed by atoms with Gasteiger partial charge in [0.25, 0.3) is 0 Å². The van der Waals surface area contributed by atoms with Gasteiger partial charge in [0.1, 0.15) is 23.8 Å². The Kier molecular flexibility index (Phi) is 7.79. The molecule has 1 saturated heterocycles. The number of fused-ring (bicyclic) bond motifs is 1. The fraction of sp³-hybridized carbons (Fsp3) is 0.519. The Morgan fingerprint density at radius 2 is 1.92 bits per heavy atom. The summed E-state index contributed by atoms with van der Waals surface area (Å²) in [6.45, 7) is 1.34. The topological polar surface area (TPSA) is 104 Å². The van der Waals surface area contributed by atoms with Crippen molar-refractivity contribution in [3.63, 3.8) is 0 Å². The van der Waals surface area contributed by atoms with Crippen LogP contribution in [0.15, 0.2) is 42.9 Å². The van der Waals surface area contributed by atoms with Crippen LogP contribution in [0.25, 0.3) is 11.0 Å². The van der Waals surface area contributed by atoms with Gasteiger partial charge in [0.05, 0.1) is 30.8 Å². The number of anilines is 1. The highest BCUT2D eigenvalue weighted by Crippen LogP contribution is 2.36. The number of aliphatic hydroxyl groups excluding tert-OH is 2. The molecule has 0 bridgehead atoms. The van der Waals surface area contributed by atoms with Crippen molar-refractivity contribution in [1.82, 2.24) is 19.4 Å². The van der Waals surface area contributed by atoms with Crippen LogP contribution >= 0.6 is 0 Å². The zero-order valence-corrected chi connectivity index (χ0v) is 21.6. The van der Waals surface area contributed by atoms with Gasteiger partial charge in [-0.2, -0.15) is 13.2 Å². The monoisotopic (exact) mass is 547 g/mol. The molecular formula is C27H32F3N5O4. The minimum atomic E-state index is -4.37. The number of alkyl halides is 3. The number of methoxy groups -OCH3 is 1. The summed E-state index contributed by atoms with van der Waals surface area (Å²) in [7, 11) is 1.27. The first-order valence-electron chi connectivity index (χ1n) is 13.0. The van der Waals surface area contributed by atoms with Crippen molar-refractivity contribution < 1.29 is 32.9 Å². The number of aromatic nitrogens is 3. The predicted molar refractivity (Wildman–Crippen MR) is 137 cm³/mol. The first-order chi connectivity index (χ1) is 18.7. The number of nitrogens with zero attached hydrogens (tertiary/aromatic N) is 5. The second-order valence-electron chi connectivity index (χ2n) is 10.3. The quantitative estimate of drug-likeness (QED) is 0.395. The molecule has 1 aromatic carbocycles. The molecule has 3 aromatic rings. The highest BCUT2D eigenvalue weighted by molar-refractivity contribution is 5.88. The van der Waals surface area contributed by atoms with Crippen LogP contribution in [0.2, 0.25) is 0 Å². The Balaban J connectivity index is 1.32. The fourth-order valence-electron chi connectivity index (χ4n) is 5.35. The zero-order chi connectivity index (χ0) is 27.7. The third kappa shape index (κ3) is 5.87. The van der Waals surface area contributed by atoms with Crippen molar-refractivity contribution in [1.29, 1.82) is 0 Å². The van der Waals surface area contributed by atoms with Gasteiger partial charge in [-0.1, -0.05) is 12.1 Å². The lowest BCUT2D eigenvalue weighted by Crippen LogP contribution is -2.53. The maximum Gasteiger partial charge on any atom is 0.416 e. The van der Waals surface area contributed by atoms with E-state index in [-0.39, 0.29) is 25.1 Å². The largest absolute Gasteiger partial charge is 0.468 e. The highest BCUT2D eigenvalue weighted by Gasteiger charge is 2.36. The number of benzene rings is 1. The third-order valence-electron chi connectivity index (χ3n) is 7.70. The summed E-state index contributed by atoms with van der Waals surface area (Å²) >= 11 is 0. The summed E-state index contributed by atoms with van der Waals surface area (Å²) < 4.78 is 45.7. The van der Waals surface area contributed by atoms with E-state index in [9.17, 15) is 28.2 Å². The fourth-order valence-corrected chi connectivity index (χ4v) is 5.35. The number of halogens is 3. The molecule has 210 valence electrons. The van der Waals surface area contributed by atoms with Crippen LogP contribution in [0.3, 0.4) is 0 Å². The minimum absolute atomic E-state index is 0.0843. The van der Waals surface area contributed by atoms with Crippen molar-refractivity contribution in [2.75, 3.05) is 31.7 Å². The minimum Gasteiger partial charge on any atom is -0.468 e. The number of rotatable bonds is 9. The lowest BCUT2D eigenvalue weighted by Gasteiger charge is -2.38. The SMILES string of the molecule is COC(=O)C(CO)N1CC[C@H](Cn2ccc3c(N(Cc4ccc(C(F)(F)F)cc4)C4CC4)ncnc32)[C@@H](O)C1. The number of likely N-dealkylation sites (tertiary alicyclic amines) is 1. The van der Waals surface area contributed by atoms with E-state index in [1.54, 1.807) is 4.90 Å². The Morgan fingerprint density at radius 1 is 1.18 bits per heavy atom. The Hall–Kier alpha value is -3.22. The van der Waals surface area contributed by atoms with Crippen LogP contribution in [-0.2, 0) is 28.8 Å². The second-order valence-corrected chi connectivity index (χ2v) is 10.3. The van der Waals surface area contributed by atoms with Crippen molar-refractivity contribution in [3.8, 4) is 0 Å². The number of carbonyl (C=O) groups excluding carboxylic acids is 1. The Bertz CT molecular complexity index is 1290. The molecule has 0 spiro atoms. The molecule has 1 aliphatic carbocycles. The summed E-state index contributed by atoms with van der Waals surface area (Å²) in [5.41, 5.74) is 0.815. The number of hydrogen-bond donors (Lipinski definition) is 2. The molecule has 5 rings (SSSR count). The van der Waals surface area contributed by atoms with E-state index in [2.05, 4.69) is 14.9 Å². The van der Waals surface area contributed by atoms with E-state index < -0.39 is 29.9 Å². The molecule has 39 heavy (non-hydrogen) atoms. The average Bonchev–Trinajstić information content (AvgIpc) is 3.68. The van der Waals surface area contributed by atoms with Gasteiger partial charge in [-0.3, -0.25) is 9.69 Å². The van der Waals surface area contributed by atoms with Gasteiger partial charge >= 0.3 is 12.1 Å². The number of piperidine rings is 1. The van der Waals surface area contributed by atoms with Crippen LogP contribution in [-0.4, -0.2) is 80.6 Å². The third-order valence-corrected chi connectivity index (χ3v) is 7.70. The maximum atomic E-state index is 13.0. The van der Waals surface area contributed by atoms with Crippen molar-refractivity contribution >= 4 is 22.8 Å². The van der Waals surface area contributed by atoms with E-state index in [0.29, 0.717) is 26.1 Å². The predicted octanol–water partition coefficient (Wildman–Crippen LogP) is 2.84. The van der Waals surface area contributed by atoms with E-state index in [4.69, 9.17) is 4.74 Å². The summed E-state index contributed by atoms with van der Waals surface area (Å²) in [5.74, 6) is 0.125. The smallest absolute Gasteiger partial charge is 0.416 e. The molecule has 0 radical (unpaired) electrons. The van der Waals surface area contributed by atoms with Crippen LogP contribution in [0.1, 0.15) is 30.4 Å². The Labute approximate surface area is 223 Å². The summed E-state index contributed by atoms with van der Waals surface area (Å²) in [6.07, 6.45) is 0.916. The van der Waals surface area contributed by atoms with E-state index in [0.717, 1.165) is 47.4 Å². The number of carbonyl (C=O) groups is 1. The molecule has 2 aromatic heterocycles. The van der Waals surface area contributed by atoms with E-state index in [1.165, 1.54) is 25.6 Å². The first-order valence-corrected chi connectivity index (χ1v) is 13.0. The average molecular weight is 548 g/mol. The number of hydrogen-bond acceptors (Lipinski definition) is 8. The molecule has 9 nitrogen and oxygen atoms in total. The van der Waals surface area contributed by atoms with E-state index >= 15 is 0 Å². The number of ether oxygens (including phenoxy) is 1. The van der Waals surface area contributed by atoms with Gasteiger partial charge < -0.3 is 24.4 Å². The molecule has 1 unspecified atom stereocenters. The van der Waals surface area contributed by atoms with Crippen LogP contribution in [0, 0.1) is 5.92 Å². The summed E-state index contributed by atoms with van der Waals surface area (Å²) in [5, 5.41) is 21.3. The van der Waals surface area contributed by atoms with E-state index in [1.807, 2.05) is 16.8 Å². The molecule has 1 saturated carbocycles. The van der Waals surface area contributed by atoms with Gasteiger partial charge in [0.2, 0.25) is 0 Å². The van der Waals surface area contributed by atoms with Crippen molar-refractivity contribution in [2.24, 2.45) is 5.92 Å². The summed E-state index contributed by atoms with van der Waals surface area (Å²) in [6, 6.07) is 6.63. The van der Waals surface area contributed by atoms with Crippen molar-refractivity contribution in [2.45, 2.75) is 56.7 Å². The van der Waals surface area contributed by atoms with Gasteiger partial charge in [-0.15, -0.1) is 0 Å². The van der Waals surface area contributed by atoms with Crippen LogP contribution in [0.4, 0.5) is 19.0 Å². The standard InChI is InChI=1S/C27H32F3N5O4/c1-39-26(38)22(15-36)33-10-8-18(23(37)14-33)13-34-11-9-21-24(34)31-16-32-25(21)35(20-6-7-20)12-17-2-4-19(5-3-17)27(28,29)30/h2-5,9,11,16,18,20,22-23,36-37H,6-8,10,12-15H2,1H3/t18-,22?,23+/m1/s1. The van der Waals surface area contributed by atoms with Crippen LogP contribution < -0.4 is 4.90 Å². The molecule has 2 aliphatic rings. The zero-order valence-electron chi connectivity index (χ0n) is 21.6. The molecule has 3 heterocycles. The molecule has 3 atom stereocenters.